The molecule has 2 N–H and O–H groups in total. The minimum Gasteiger partial charge on any atom is -0.338 e. The minimum atomic E-state index is -3.12. The Morgan fingerprint density at radius 3 is 2.32 bits per heavy atom. The van der Waals surface area contributed by atoms with Crippen molar-refractivity contribution in [2.75, 3.05) is 12.8 Å². The van der Waals surface area contributed by atoms with E-state index in [1.54, 1.807) is 4.31 Å². The van der Waals surface area contributed by atoms with Crippen molar-refractivity contribution in [3.63, 3.8) is 0 Å². The first-order valence-corrected chi connectivity index (χ1v) is 8.79. The van der Waals surface area contributed by atoms with E-state index in [9.17, 15) is 13.2 Å². The fourth-order valence-electron chi connectivity index (χ4n) is 3.27. The summed E-state index contributed by atoms with van der Waals surface area (Å²) in [6, 6.07) is 0.0712. The lowest BCUT2D eigenvalue weighted by molar-refractivity contribution is 0.199. The Bertz CT molecular complexity index is 424. The molecule has 0 aromatic carbocycles. The zero-order chi connectivity index (χ0) is 14.0. The molecule has 0 saturated carbocycles. The number of nitrogens with one attached hydrogen (secondary N) is 2. The second kappa shape index (κ2) is 5.66. The minimum absolute atomic E-state index is 0.0604. The highest BCUT2D eigenvalue weighted by Crippen LogP contribution is 2.37. The topological polar surface area (TPSA) is 78.5 Å². The van der Waals surface area contributed by atoms with Crippen molar-refractivity contribution in [2.45, 2.75) is 57.2 Å². The molecular formula is C12H23N3O3S. The van der Waals surface area contributed by atoms with Crippen LogP contribution in [0.25, 0.3) is 0 Å². The van der Waals surface area contributed by atoms with Crippen LogP contribution in [0.15, 0.2) is 0 Å². The quantitative estimate of drug-likeness (QED) is 0.797. The van der Waals surface area contributed by atoms with E-state index in [-0.39, 0.29) is 24.2 Å². The molecule has 19 heavy (non-hydrogen) atoms. The summed E-state index contributed by atoms with van der Waals surface area (Å²) in [6.45, 7) is 2.67. The molecule has 2 aliphatic rings. The Kier molecular flexibility index (Phi) is 4.35. The smallest absolute Gasteiger partial charge is 0.315 e. The van der Waals surface area contributed by atoms with Crippen molar-refractivity contribution in [3.05, 3.63) is 0 Å². The molecule has 0 aromatic heterocycles. The highest BCUT2D eigenvalue weighted by atomic mass is 32.2. The number of piperidine rings is 1. The molecule has 2 unspecified atom stereocenters. The lowest BCUT2D eigenvalue weighted by atomic mass is 10.00. The lowest BCUT2D eigenvalue weighted by Crippen LogP contribution is -2.53. The second-order valence-electron chi connectivity index (χ2n) is 5.55. The van der Waals surface area contributed by atoms with Crippen molar-refractivity contribution in [1.29, 1.82) is 0 Å². The van der Waals surface area contributed by atoms with E-state index in [0.29, 0.717) is 6.54 Å². The maximum atomic E-state index is 11.7. The van der Waals surface area contributed by atoms with Gasteiger partial charge in [-0.15, -0.1) is 0 Å². The Morgan fingerprint density at radius 2 is 1.84 bits per heavy atom. The third-order valence-electron chi connectivity index (χ3n) is 3.92. The van der Waals surface area contributed by atoms with Gasteiger partial charge in [0.15, 0.2) is 0 Å². The molecule has 110 valence electrons. The van der Waals surface area contributed by atoms with Gasteiger partial charge in [0, 0.05) is 24.7 Å². The zero-order valence-electron chi connectivity index (χ0n) is 11.6. The molecule has 0 radical (unpaired) electrons. The molecule has 2 rings (SSSR count). The number of sulfonamides is 1. The molecule has 2 bridgehead atoms. The zero-order valence-corrected chi connectivity index (χ0v) is 12.4. The number of hydrogen-bond acceptors (Lipinski definition) is 3. The van der Waals surface area contributed by atoms with Crippen LogP contribution in [0.3, 0.4) is 0 Å². The van der Waals surface area contributed by atoms with Crippen LogP contribution in [0.1, 0.15) is 39.0 Å². The van der Waals surface area contributed by atoms with E-state index in [1.807, 2.05) is 6.92 Å². The molecule has 2 saturated heterocycles. The fraction of sp³-hybridized carbons (Fsp3) is 0.917. The molecule has 2 atom stereocenters. The van der Waals surface area contributed by atoms with Gasteiger partial charge in [0.1, 0.15) is 0 Å². The predicted molar refractivity (Wildman–Crippen MR) is 73.3 cm³/mol. The second-order valence-corrected chi connectivity index (χ2v) is 7.43. The first kappa shape index (κ1) is 14.6. The number of fused-ring (bicyclic) bond motifs is 2. The van der Waals surface area contributed by atoms with E-state index >= 15 is 0 Å². The molecule has 0 spiro atoms. The number of carbonyl (C=O) groups excluding carboxylic acids is 1. The Hall–Kier alpha value is -0.820. The van der Waals surface area contributed by atoms with Crippen molar-refractivity contribution in [1.82, 2.24) is 14.9 Å². The summed E-state index contributed by atoms with van der Waals surface area (Å²) in [6.07, 6.45) is 5.45. The predicted octanol–water partition coefficient (Wildman–Crippen LogP) is 0.651. The van der Waals surface area contributed by atoms with Crippen molar-refractivity contribution >= 4 is 16.1 Å². The van der Waals surface area contributed by atoms with E-state index in [0.717, 1.165) is 32.1 Å². The van der Waals surface area contributed by atoms with Gasteiger partial charge < -0.3 is 10.6 Å². The van der Waals surface area contributed by atoms with Crippen LogP contribution in [-0.4, -0.2) is 49.7 Å². The van der Waals surface area contributed by atoms with Crippen molar-refractivity contribution < 1.29 is 13.2 Å². The summed E-state index contributed by atoms with van der Waals surface area (Å²) >= 11 is 0. The van der Waals surface area contributed by atoms with Crippen LogP contribution in [0, 0.1) is 0 Å². The van der Waals surface area contributed by atoms with Crippen LogP contribution in [0.4, 0.5) is 4.79 Å². The van der Waals surface area contributed by atoms with Gasteiger partial charge in [-0.05, 0) is 32.1 Å². The standard InChI is InChI=1S/C12H23N3O3S/c1-3-6-13-12(16)14-9-7-10-4-5-11(8-9)15(10)19(2,17)18/h9-11H,3-8H2,1-2H3,(H2,13,14,16). The molecule has 2 fully saturated rings. The van der Waals surface area contributed by atoms with Crippen LogP contribution in [0.5, 0.6) is 0 Å². The summed E-state index contributed by atoms with van der Waals surface area (Å²) in [5, 5.41) is 5.74. The molecule has 6 nitrogen and oxygen atoms in total. The van der Waals surface area contributed by atoms with Gasteiger partial charge in [-0.3, -0.25) is 0 Å². The van der Waals surface area contributed by atoms with E-state index in [1.165, 1.54) is 6.26 Å². The summed E-state index contributed by atoms with van der Waals surface area (Å²) in [7, 11) is -3.12. The Labute approximate surface area is 115 Å². The first-order chi connectivity index (χ1) is 8.91. The Balaban J connectivity index is 1.92. The van der Waals surface area contributed by atoms with Crippen molar-refractivity contribution in [3.8, 4) is 0 Å². The molecular weight excluding hydrogens is 266 g/mol. The van der Waals surface area contributed by atoms with E-state index < -0.39 is 10.0 Å². The molecule has 2 aliphatic heterocycles. The number of carbonyl (C=O) groups is 1. The van der Waals surface area contributed by atoms with Gasteiger partial charge in [-0.2, -0.15) is 4.31 Å². The van der Waals surface area contributed by atoms with E-state index in [4.69, 9.17) is 0 Å². The average Bonchev–Trinajstić information content (AvgIpc) is 2.59. The SMILES string of the molecule is CCCNC(=O)NC1CC2CCC(C1)N2S(C)(=O)=O. The van der Waals surface area contributed by atoms with Gasteiger partial charge in [0.25, 0.3) is 0 Å². The van der Waals surface area contributed by atoms with Gasteiger partial charge in [0.2, 0.25) is 10.0 Å². The molecule has 0 aromatic rings. The highest BCUT2D eigenvalue weighted by Gasteiger charge is 2.45. The van der Waals surface area contributed by atoms with Gasteiger partial charge >= 0.3 is 6.03 Å². The largest absolute Gasteiger partial charge is 0.338 e. The molecule has 2 amide bonds. The van der Waals surface area contributed by atoms with Crippen LogP contribution < -0.4 is 10.6 Å². The Morgan fingerprint density at radius 1 is 1.26 bits per heavy atom. The molecule has 2 heterocycles. The average molecular weight is 289 g/mol. The van der Waals surface area contributed by atoms with Crippen LogP contribution >= 0.6 is 0 Å². The van der Waals surface area contributed by atoms with E-state index in [2.05, 4.69) is 10.6 Å². The normalized spacial score (nSPS) is 31.2. The first-order valence-electron chi connectivity index (χ1n) is 6.94. The number of amides is 2. The summed E-state index contributed by atoms with van der Waals surface area (Å²) in [4.78, 5) is 11.6. The summed E-state index contributed by atoms with van der Waals surface area (Å²) in [5.74, 6) is 0. The van der Waals surface area contributed by atoms with Gasteiger partial charge in [-0.1, -0.05) is 6.92 Å². The van der Waals surface area contributed by atoms with Gasteiger partial charge in [0.05, 0.1) is 6.26 Å². The van der Waals surface area contributed by atoms with Gasteiger partial charge in [-0.25, -0.2) is 13.2 Å². The number of urea groups is 1. The maximum Gasteiger partial charge on any atom is 0.315 e. The number of hydrogen-bond donors (Lipinski definition) is 2. The lowest BCUT2D eigenvalue weighted by Gasteiger charge is -2.37. The monoisotopic (exact) mass is 289 g/mol. The van der Waals surface area contributed by atoms with Crippen LogP contribution in [0.2, 0.25) is 0 Å². The number of rotatable bonds is 4. The summed E-state index contributed by atoms with van der Waals surface area (Å²) < 4.78 is 25.1. The third kappa shape index (κ3) is 3.39. The fourth-order valence-corrected chi connectivity index (χ4v) is 4.73. The van der Waals surface area contributed by atoms with Crippen molar-refractivity contribution in [2.24, 2.45) is 0 Å². The highest BCUT2D eigenvalue weighted by molar-refractivity contribution is 7.88. The molecule has 7 heteroatoms. The molecule has 0 aliphatic carbocycles. The maximum absolute atomic E-state index is 11.7. The third-order valence-corrected chi connectivity index (χ3v) is 5.28. The summed E-state index contributed by atoms with van der Waals surface area (Å²) in [5.41, 5.74) is 0. The van der Waals surface area contributed by atoms with Crippen LogP contribution in [-0.2, 0) is 10.0 Å². The number of nitrogens with zero attached hydrogens (tertiary/aromatic N) is 1.